The summed E-state index contributed by atoms with van der Waals surface area (Å²) in [7, 11) is 1.30. The zero-order valence-corrected chi connectivity index (χ0v) is 11.6. The number of rotatable bonds is 6. The van der Waals surface area contributed by atoms with Crippen molar-refractivity contribution in [2.75, 3.05) is 7.11 Å². The minimum Gasteiger partial charge on any atom is -0.472 e. The van der Waals surface area contributed by atoms with Gasteiger partial charge < -0.3 is 14.5 Å². The Morgan fingerprint density at radius 3 is 2.67 bits per heavy atom. The maximum Gasteiger partial charge on any atom is 0.328 e. The van der Waals surface area contributed by atoms with E-state index in [0.29, 0.717) is 6.42 Å². The van der Waals surface area contributed by atoms with Crippen LogP contribution in [0.5, 0.6) is 0 Å². The van der Waals surface area contributed by atoms with E-state index in [1.807, 2.05) is 0 Å². The summed E-state index contributed by atoms with van der Waals surface area (Å²) < 4.78 is 9.64. The molecular weight excluding hydrogens is 272 g/mol. The number of carbonyl (C=O) groups excluding carboxylic acids is 2. The highest BCUT2D eigenvalue weighted by Gasteiger charge is 2.22. The van der Waals surface area contributed by atoms with Crippen LogP contribution in [0.3, 0.4) is 0 Å². The summed E-state index contributed by atoms with van der Waals surface area (Å²) in [6, 6.07) is 4.56. The van der Waals surface area contributed by atoms with Crippen molar-refractivity contribution < 1.29 is 18.7 Å². The van der Waals surface area contributed by atoms with Gasteiger partial charge in [-0.2, -0.15) is 0 Å². The predicted molar refractivity (Wildman–Crippen MR) is 74.3 cm³/mol. The Morgan fingerprint density at radius 1 is 1.29 bits per heavy atom. The standard InChI is InChI=1S/C15H16N2O4/c1-20-15(19)13(8-11-2-5-16-6-3-11)17-14(18)9-12-4-7-21-10-12/h2-7,10,13H,8-9H2,1H3,(H,17,18). The zero-order chi connectivity index (χ0) is 15.1. The molecule has 0 saturated carbocycles. The summed E-state index contributed by atoms with van der Waals surface area (Å²) in [5.41, 5.74) is 1.64. The third-order valence-electron chi connectivity index (χ3n) is 2.95. The van der Waals surface area contributed by atoms with Gasteiger partial charge in [-0.15, -0.1) is 0 Å². The van der Waals surface area contributed by atoms with Crippen LogP contribution in [-0.4, -0.2) is 30.0 Å². The Hall–Kier alpha value is -2.63. The zero-order valence-electron chi connectivity index (χ0n) is 11.6. The summed E-state index contributed by atoms with van der Waals surface area (Å²) in [5.74, 6) is -0.742. The fourth-order valence-corrected chi connectivity index (χ4v) is 1.91. The van der Waals surface area contributed by atoms with Crippen molar-refractivity contribution >= 4 is 11.9 Å². The summed E-state index contributed by atoms with van der Waals surface area (Å²) in [6.45, 7) is 0. The molecule has 2 aromatic rings. The lowest BCUT2D eigenvalue weighted by molar-refractivity contribution is -0.145. The first kappa shape index (κ1) is 14.8. The van der Waals surface area contributed by atoms with Crippen molar-refractivity contribution in [1.82, 2.24) is 10.3 Å². The molecule has 1 atom stereocenters. The van der Waals surface area contributed by atoms with Gasteiger partial charge in [0.1, 0.15) is 6.04 Å². The first-order valence-electron chi connectivity index (χ1n) is 6.46. The number of hydrogen-bond acceptors (Lipinski definition) is 5. The summed E-state index contributed by atoms with van der Waals surface area (Å²) in [4.78, 5) is 27.7. The molecule has 0 bridgehead atoms. The molecule has 2 heterocycles. The van der Waals surface area contributed by atoms with Crippen LogP contribution in [-0.2, 0) is 27.2 Å². The van der Waals surface area contributed by atoms with Gasteiger partial charge in [0.15, 0.2) is 0 Å². The lowest BCUT2D eigenvalue weighted by Crippen LogP contribution is -2.43. The predicted octanol–water partition coefficient (Wildman–Crippen LogP) is 1.12. The number of nitrogens with one attached hydrogen (secondary N) is 1. The molecule has 0 aromatic carbocycles. The Morgan fingerprint density at radius 2 is 2.05 bits per heavy atom. The number of amides is 1. The van der Waals surface area contributed by atoms with Gasteiger partial charge >= 0.3 is 5.97 Å². The highest BCUT2D eigenvalue weighted by Crippen LogP contribution is 2.05. The molecule has 0 aliphatic carbocycles. The number of esters is 1. The Balaban J connectivity index is 1.99. The number of pyridine rings is 1. The molecular formula is C15H16N2O4. The third kappa shape index (κ3) is 4.45. The molecule has 6 nitrogen and oxygen atoms in total. The van der Waals surface area contributed by atoms with Crippen molar-refractivity contribution in [2.45, 2.75) is 18.9 Å². The average molecular weight is 288 g/mol. The number of carbonyl (C=O) groups is 2. The second-order valence-electron chi connectivity index (χ2n) is 4.51. The van der Waals surface area contributed by atoms with Crippen molar-refractivity contribution in [3.8, 4) is 0 Å². The van der Waals surface area contributed by atoms with Gasteiger partial charge in [-0.1, -0.05) is 0 Å². The molecule has 2 rings (SSSR count). The fourth-order valence-electron chi connectivity index (χ4n) is 1.91. The number of hydrogen-bond donors (Lipinski definition) is 1. The van der Waals surface area contributed by atoms with Gasteiger partial charge in [-0.3, -0.25) is 9.78 Å². The molecule has 1 amide bonds. The van der Waals surface area contributed by atoms with Gasteiger partial charge in [-0.05, 0) is 29.3 Å². The van der Waals surface area contributed by atoms with Crippen molar-refractivity contribution in [2.24, 2.45) is 0 Å². The third-order valence-corrected chi connectivity index (χ3v) is 2.95. The smallest absolute Gasteiger partial charge is 0.328 e. The van der Waals surface area contributed by atoms with E-state index in [1.54, 1.807) is 30.6 Å². The van der Waals surface area contributed by atoms with Crippen LogP contribution < -0.4 is 5.32 Å². The molecule has 21 heavy (non-hydrogen) atoms. The second-order valence-corrected chi connectivity index (χ2v) is 4.51. The molecule has 0 spiro atoms. The van der Waals surface area contributed by atoms with Crippen LogP contribution >= 0.6 is 0 Å². The largest absolute Gasteiger partial charge is 0.472 e. The summed E-state index contributed by atoms with van der Waals surface area (Å²) >= 11 is 0. The van der Waals surface area contributed by atoms with Crippen LogP contribution in [0.2, 0.25) is 0 Å². The number of aromatic nitrogens is 1. The van der Waals surface area contributed by atoms with E-state index in [-0.39, 0.29) is 12.3 Å². The van der Waals surface area contributed by atoms with Crippen LogP contribution in [0.4, 0.5) is 0 Å². The lowest BCUT2D eigenvalue weighted by Gasteiger charge is -2.16. The number of methoxy groups -OCH3 is 1. The Labute approximate surface area is 122 Å². The van der Waals surface area contributed by atoms with Crippen molar-refractivity contribution in [1.29, 1.82) is 0 Å². The Kier molecular flexibility index (Phi) is 5.09. The van der Waals surface area contributed by atoms with Crippen LogP contribution in [0.25, 0.3) is 0 Å². The van der Waals surface area contributed by atoms with Gasteiger partial charge in [-0.25, -0.2) is 4.79 Å². The van der Waals surface area contributed by atoms with Gasteiger partial charge in [0.25, 0.3) is 0 Å². The average Bonchev–Trinajstić information content (AvgIpc) is 2.99. The first-order chi connectivity index (χ1) is 10.2. The van der Waals surface area contributed by atoms with E-state index in [9.17, 15) is 9.59 Å². The number of nitrogens with zero attached hydrogens (tertiary/aromatic N) is 1. The second kappa shape index (κ2) is 7.23. The Bertz CT molecular complexity index is 581. The van der Waals surface area contributed by atoms with Crippen LogP contribution in [0.1, 0.15) is 11.1 Å². The maximum absolute atomic E-state index is 12.0. The minimum atomic E-state index is -0.725. The number of ether oxygens (including phenoxy) is 1. The number of furan rings is 1. The summed E-state index contributed by atoms with van der Waals surface area (Å²) in [5, 5.41) is 2.68. The highest BCUT2D eigenvalue weighted by molar-refractivity contribution is 5.85. The molecule has 2 aromatic heterocycles. The van der Waals surface area contributed by atoms with Crippen molar-refractivity contribution in [3.05, 3.63) is 54.2 Å². The molecule has 0 radical (unpaired) electrons. The molecule has 1 N–H and O–H groups in total. The SMILES string of the molecule is COC(=O)C(Cc1ccncc1)NC(=O)Cc1ccoc1. The van der Waals surface area contributed by atoms with E-state index in [2.05, 4.69) is 10.3 Å². The minimum absolute atomic E-state index is 0.153. The van der Waals surface area contributed by atoms with Crippen LogP contribution in [0.15, 0.2) is 47.5 Å². The molecule has 0 aliphatic rings. The van der Waals surface area contributed by atoms with Gasteiger partial charge in [0, 0.05) is 18.8 Å². The topological polar surface area (TPSA) is 81.4 Å². The molecule has 1 unspecified atom stereocenters. The molecule has 0 aliphatic heterocycles. The quantitative estimate of drug-likeness (QED) is 0.805. The molecule has 6 heteroatoms. The first-order valence-corrected chi connectivity index (χ1v) is 6.46. The fraction of sp³-hybridized carbons (Fsp3) is 0.267. The van der Waals surface area contributed by atoms with E-state index in [1.165, 1.54) is 19.6 Å². The van der Waals surface area contributed by atoms with Crippen molar-refractivity contribution in [3.63, 3.8) is 0 Å². The van der Waals surface area contributed by atoms with Gasteiger partial charge in [0.2, 0.25) is 5.91 Å². The maximum atomic E-state index is 12.0. The lowest BCUT2D eigenvalue weighted by atomic mass is 10.1. The summed E-state index contributed by atoms with van der Waals surface area (Å²) in [6.07, 6.45) is 6.77. The van der Waals surface area contributed by atoms with E-state index in [4.69, 9.17) is 9.15 Å². The van der Waals surface area contributed by atoms with E-state index in [0.717, 1.165) is 11.1 Å². The van der Waals surface area contributed by atoms with Crippen LogP contribution in [0, 0.1) is 0 Å². The van der Waals surface area contributed by atoms with E-state index < -0.39 is 12.0 Å². The molecule has 0 saturated heterocycles. The normalized spacial score (nSPS) is 11.7. The molecule has 0 fully saturated rings. The van der Waals surface area contributed by atoms with Gasteiger partial charge in [0.05, 0.1) is 26.1 Å². The van der Waals surface area contributed by atoms with E-state index >= 15 is 0 Å². The molecule has 110 valence electrons. The monoisotopic (exact) mass is 288 g/mol. The highest BCUT2D eigenvalue weighted by atomic mass is 16.5.